The number of rotatable bonds is 3. The maximum atomic E-state index is 9.43. The molecule has 1 saturated carbocycles. The Bertz CT molecular complexity index is 114. The number of aliphatic hydroxyl groups is 2. The highest BCUT2D eigenvalue weighted by Crippen LogP contribution is 2.29. The second kappa shape index (κ2) is 4.07. The molecule has 1 aliphatic rings. The molecular weight excluding hydrogens is 140 g/mol. The topological polar surface area (TPSA) is 40.5 Å². The summed E-state index contributed by atoms with van der Waals surface area (Å²) in [5.74, 6) is 0.366. The van der Waals surface area contributed by atoms with Crippen LogP contribution in [0.2, 0.25) is 0 Å². The summed E-state index contributed by atoms with van der Waals surface area (Å²) in [6, 6.07) is 0. The molecule has 3 unspecified atom stereocenters. The summed E-state index contributed by atoms with van der Waals surface area (Å²) < 4.78 is 0. The van der Waals surface area contributed by atoms with Gasteiger partial charge in [0.1, 0.15) is 0 Å². The van der Waals surface area contributed by atoms with Crippen molar-refractivity contribution in [1.82, 2.24) is 0 Å². The van der Waals surface area contributed by atoms with Crippen LogP contribution in [0.25, 0.3) is 0 Å². The van der Waals surface area contributed by atoms with Crippen molar-refractivity contribution >= 4 is 0 Å². The summed E-state index contributed by atoms with van der Waals surface area (Å²) in [7, 11) is 0. The zero-order valence-corrected chi connectivity index (χ0v) is 7.16. The fourth-order valence-electron chi connectivity index (χ4n) is 1.82. The molecule has 0 spiro atoms. The van der Waals surface area contributed by atoms with Crippen LogP contribution in [0.15, 0.2) is 0 Å². The van der Waals surface area contributed by atoms with E-state index in [4.69, 9.17) is 0 Å². The van der Waals surface area contributed by atoms with Gasteiger partial charge in [0, 0.05) is 0 Å². The first kappa shape index (κ1) is 9.01. The minimum absolute atomic E-state index is 0.366. The molecule has 0 aromatic rings. The van der Waals surface area contributed by atoms with Gasteiger partial charge in [-0.25, -0.2) is 0 Å². The van der Waals surface area contributed by atoms with Gasteiger partial charge in [-0.1, -0.05) is 19.8 Å². The SMILES string of the molecule is CCCCC1CCC(O)C1O. The molecule has 3 atom stereocenters. The standard InChI is InChI=1S/C9H18O2/c1-2-3-4-7-5-6-8(10)9(7)11/h7-11H,2-6H2,1H3. The van der Waals surface area contributed by atoms with E-state index < -0.39 is 12.2 Å². The third-order valence-corrected chi connectivity index (χ3v) is 2.64. The van der Waals surface area contributed by atoms with E-state index in [2.05, 4.69) is 6.92 Å². The number of unbranched alkanes of at least 4 members (excludes halogenated alkanes) is 1. The molecule has 0 saturated heterocycles. The van der Waals surface area contributed by atoms with Crippen LogP contribution in [0, 0.1) is 5.92 Å². The van der Waals surface area contributed by atoms with Crippen molar-refractivity contribution in [3.8, 4) is 0 Å². The molecule has 1 aliphatic carbocycles. The van der Waals surface area contributed by atoms with Gasteiger partial charge in [0.15, 0.2) is 0 Å². The molecule has 2 N–H and O–H groups in total. The van der Waals surface area contributed by atoms with E-state index in [1.54, 1.807) is 0 Å². The normalized spacial score (nSPS) is 37.9. The van der Waals surface area contributed by atoms with E-state index >= 15 is 0 Å². The molecule has 0 bridgehead atoms. The van der Waals surface area contributed by atoms with E-state index in [0.717, 1.165) is 19.3 Å². The maximum absolute atomic E-state index is 9.43. The first-order chi connectivity index (χ1) is 5.25. The zero-order valence-electron chi connectivity index (χ0n) is 7.16. The van der Waals surface area contributed by atoms with Crippen molar-refractivity contribution < 1.29 is 10.2 Å². The summed E-state index contributed by atoms with van der Waals surface area (Å²) in [5, 5.41) is 18.7. The summed E-state index contributed by atoms with van der Waals surface area (Å²) in [6.07, 6.45) is 4.33. The van der Waals surface area contributed by atoms with Crippen molar-refractivity contribution in [2.45, 2.75) is 51.2 Å². The van der Waals surface area contributed by atoms with Crippen LogP contribution in [0.5, 0.6) is 0 Å². The Morgan fingerprint density at radius 3 is 2.45 bits per heavy atom. The van der Waals surface area contributed by atoms with Gasteiger partial charge in [0.25, 0.3) is 0 Å². The number of hydrogen-bond acceptors (Lipinski definition) is 2. The van der Waals surface area contributed by atoms with Gasteiger partial charge in [-0.15, -0.1) is 0 Å². The molecule has 0 aromatic carbocycles. The van der Waals surface area contributed by atoms with Crippen molar-refractivity contribution in [2.24, 2.45) is 5.92 Å². The summed E-state index contributed by atoms with van der Waals surface area (Å²) >= 11 is 0. The Balaban J connectivity index is 2.24. The summed E-state index contributed by atoms with van der Waals surface area (Å²) in [4.78, 5) is 0. The molecule has 0 amide bonds. The molecule has 1 fully saturated rings. The smallest absolute Gasteiger partial charge is 0.0827 e. The molecule has 0 aromatic heterocycles. The van der Waals surface area contributed by atoms with Gasteiger partial charge in [0.05, 0.1) is 12.2 Å². The average Bonchev–Trinajstić information content (AvgIpc) is 2.31. The molecule has 11 heavy (non-hydrogen) atoms. The second-order valence-corrected chi connectivity index (χ2v) is 3.54. The number of aliphatic hydroxyl groups excluding tert-OH is 2. The highest BCUT2D eigenvalue weighted by atomic mass is 16.3. The van der Waals surface area contributed by atoms with E-state index in [0.29, 0.717) is 5.92 Å². The van der Waals surface area contributed by atoms with E-state index in [-0.39, 0.29) is 0 Å². The van der Waals surface area contributed by atoms with Crippen LogP contribution in [0.1, 0.15) is 39.0 Å². The lowest BCUT2D eigenvalue weighted by Gasteiger charge is -2.15. The predicted molar refractivity (Wildman–Crippen MR) is 44.3 cm³/mol. The molecule has 1 rings (SSSR count). The van der Waals surface area contributed by atoms with Gasteiger partial charge in [-0.2, -0.15) is 0 Å². The first-order valence-corrected chi connectivity index (χ1v) is 4.61. The minimum atomic E-state index is -0.447. The van der Waals surface area contributed by atoms with Crippen LogP contribution in [-0.4, -0.2) is 22.4 Å². The van der Waals surface area contributed by atoms with Gasteiger partial charge in [-0.05, 0) is 25.2 Å². The van der Waals surface area contributed by atoms with Gasteiger partial charge in [-0.3, -0.25) is 0 Å². The summed E-state index contributed by atoms with van der Waals surface area (Å²) in [5.41, 5.74) is 0. The van der Waals surface area contributed by atoms with Crippen LogP contribution >= 0.6 is 0 Å². The Labute approximate surface area is 68.2 Å². The number of hydrogen-bond donors (Lipinski definition) is 2. The fraction of sp³-hybridized carbons (Fsp3) is 1.00. The van der Waals surface area contributed by atoms with E-state index in [1.807, 2.05) is 0 Å². The molecular formula is C9H18O2. The lowest BCUT2D eigenvalue weighted by atomic mass is 9.98. The van der Waals surface area contributed by atoms with Crippen LogP contribution in [0.4, 0.5) is 0 Å². The molecule has 2 nitrogen and oxygen atoms in total. The van der Waals surface area contributed by atoms with Crippen molar-refractivity contribution in [2.75, 3.05) is 0 Å². The van der Waals surface area contributed by atoms with Crippen LogP contribution < -0.4 is 0 Å². The zero-order chi connectivity index (χ0) is 8.27. The average molecular weight is 158 g/mol. The largest absolute Gasteiger partial charge is 0.390 e. The van der Waals surface area contributed by atoms with Crippen molar-refractivity contribution in [1.29, 1.82) is 0 Å². The van der Waals surface area contributed by atoms with Gasteiger partial charge >= 0.3 is 0 Å². The summed E-state index contributed by atoms with van der Waals surface area (Å²) in [6.45, 7) is 2.15. The monoisotopic (exact) mass is 158 g/mol. The van der Waals surface area contributed by atoms with Crippen LogP contribution in [0.3, 0.4) is 0 Å². The molecule has 0 heterocycles. The first-order valence-electron chi connectivity index (χ1n) is 4.61. The Kier molecular flexibility index (Phi) is 3.34. The maximum Gasteiger partial charge on any atom is 0.0827 e. The quantitative estimate of drug-likeness (QED) is 0.650. The molecule has 2 heteroatoms. The Hall–Kier alpha value is -0.0800. The van der Waals surface area contributed by atoms with E-state index in [1.165, 1.54) is 12.8 Å². The van der Waals surface area contributed by atoms with Gasteiger partial charge < -0.3 is 10.2 Å². The predicted octanol–water partition coefficient (Wildman–Crippen LogP) is 1.31. The molecule has 0 aliphatic heterocycles. The third kappa shape index (κ3) is 2.17. The Morgan fingerprint density at radius 2 is 2.00 bits per heavy atom. The van der Waals surface area contributed by atoms with Crippen molar-refractivity contribution in [3.05, 3.63) is 0 Å². The highest BCUT2D eigenvalue weighted by Gasteiger charge is 2.32. The molecule has 0 radical (unpaired) electrons. The molecule has 66 valence electrons. The lowest BCUT2D eigenvalue weighted by Crippen LogP contribution is -2.24. The Morgan fingerprint density at radius 1 is 1.27 bits per heavy atom. The lowest BCUT2D eigenvalue weighted by molar-refractivity contribution is 0.0184. The van der Waals surface area contributed by atoms with E-state index in [9.17, 15) is 10.2 Å². The second-order valence-electron chi connectivity index (χ2n) is 3.54. The third-order valence-electron chi connectivity index (χ3n) is 2.64. The minimum Gasteiger partial charge on any atom is -0.390 e. The van der Waals surface area contributed by atoms with Gasteiger partial charge in [0.2, 0.25) is 0 Å². The van der Waals surface area contributed by atoms with Crippen molar-refractivity contribution in [3.63, 3.8) is 0 Å². The fourth-order valence-corrected chi connectivity index (χ4v) is 1.82. The highest BCUT2D eigenvalue weighted by molar-refractivity contribution is 4.83. The van der Waals surface area contributed by atoms with Crippen LogP contribution in [-0.2, 0) is 0 Å².